The number of hydrogen-bond donors (Lipinski definition) is 1. The molecule has 0 aromatic carbocycles. The number of aliphatic hydroxyl groups excluding tert-OH is 1. The molecule has 1 unspecified atom stereocenters. The van der Waals surface area contributed by atoms with Gasteiger partial charge in [-0.3, -0.25) is 4.90 Å². The van der Waals surface area contributed by atoms with E-state index in [1.807, 2.05) is 27.7 Å². The van der Waals surface area contributed by atoms with Gasteiger partial charge in [0.25, 0.3) is 5.92 Å². The molecule has 0 aliphatic carbocycles. The zero-order valence-electron chi connectivity index (χ0n) is 9.14. The van der Waals surface area contributed by atoms with Crippen LogP contribution >= 0.6 is 0 Å². The second kappa shape index (κ2) is 7.21. The number of rotatable bonds is 0. The van der Waals surface area contributed by atoms with E-state index < -0.39 is 12.0 Å². The Hall–Kier alpha value is -0.220. The number of alkyl halides is 2. The van der Waals surface area contributed by atoms with Crippen LogP contribution in [0.15, 0.2) is 0 Å². The Kier molecular flexibility index (Phi) is 8.46. The Balaban J connectivity index is 0. The molecule has 4 heteroatoms. The summed E-state index contributed by atoms with van der Waals surface area (Å²) in [6.45, 7) is 7.75. The van der Waals surface area contributed by atoms with Crippen LogP contribution in [0, 0.1) is 0 Å². The number of likely N-dealkylation sites (tertiary alicyclic amines) is 1. The standard InChI is InChI=1S/C5H9F2NO.2C2H6/c1-8-2-4(9)5(6,7)3-8;2*1-2/h4,9H,2-3H2,1H3;2*1-2H3. The van der Waals surface area contributed by atoms with E-state index in [0.717, 1.165) is 0 Å². The van der Waals surface area contributed by atoms with Crippen LogP contribution in [-0.4, -0.2) is 42.2 Å². The molecule has 13 heavy (non-hydrogen) atoms. The summed E-state index contributed by atoms with van der Waals surface area (Å²) in [4.78, 5) is 1.41. The highest BCUT2D eigenvalue weighted by Gasteiger charge is 2.45. The fourth-order valence-electron chi connectivity index (χ4n) is 0.959. The van der Waals surface area contributed by atoms with Crippen LogP contribution in [0.3, 0.4) is 0 Å². The summed E-state index contributed by atoms with van der Waals surface area (Å²) in [6, 6.07) is 0. The van der Waals surface area contributed by atoms with Crippen molar-refractivity contribution in [3.63, 3.8) is 0 Å². The van der Waals surface area contributed by atoms with Gasteiger partial charge in [0.2, 0.25) is 0 Å². The Morgan fingerprint density at radius 2 is 1.62 bits per heavy atom. The van der Waals surface area contributed by atoms with E-state index in [0.29, 0.717) is 0 Å². The van der Waals surface area contributed by atoms with Crippen molar-refractivity contribution in [1.29, 1.82) is 0 Å². The molecule has 0 aromatic heterocycles. The molecule has 0 amide bonds. The van der Waals surface area contributed by atoms with Gasteiger partial charge in [0.15, 0.2) is 0 Å². The van der Waals surface area contributed by atoms with Crippen molar-refractivity contribution in [2.75, 3.05) is 20.1 Å². The maximum atomic E-state index is 12.3. The van der Waals surface area contributed by atoms with E-state index in [9.17, 15) is 8.78 Å². The monoisotopic (exact) mass is 197 g/mol. The number of aliphatic hydroxyl groups is 1. The first-order chi connectivity index (χ1) is 6.02. The molecule has 1 fully saturated rings. The molecule has 0 spiro atoms. The number of halogens is 2. The summed E-state index contributed by atoms with van der Waals surface area (Å²) < 4.78 is 24.6. The summed E-state index contributed by atoms with van der Waals surface area (Å²) in [6.07, 6.45) is -1.47. The van der Waals surface area contributed by atoms with Crippen molar-refractivity contribution < 1.29 is 13.9 Å². The Morgan fingerprint density at radius 1 is 1.23 bits per heavy atom. The molecule has 0 aromatic rings. The van der Waals surface area contributed by atoms with E-state index in [1.54, 1.807) is 7.05 Å². The highest BCUT2D eigenvalue weighted by molar-refractivity contribution is 4.88. The highest BCUT2D eigenvalue weighted by atomic mass is 19.3. The Morgan fingerprint density at radius 3 is 1.69 bits per heavy atom. The largest absolute Gasteiger partial charge is 0.385 e. The number of β-amino-alcohol motifs (C(OH)–C–C–N with tert-alkyl or cyclic N) is 1. The predicted molar refractivity (Wildman–Crippen MR) is 51.1 cm³/mol. The molecule has 1 N–H and O–H groups in total. The van der Waals surface area contributed by atoms with Gasteiger partial charge in [0, 0.05) is 6.54 Å². The quantitative estimate of drug-likeness (QED) is 0.642. The summed E-state index contributed by atoms with van der Waals surface area (Å²) in [5, 5.41) is 8.64. The van der Waals surface area contributed by atoms with Crippen molar-refractivity contribution >= 4 is 0 Å². The number of nitrogens with zero attached hydrogens (tertiary/aromatic N) is 1. The molecule has 1 aliphatic rings. The van der Waals surface area contributed by atoms with Gasteiger partial charge in [0.05, 0.1) is 6.54 Å². The van der Waals surface area contributed by atoms with Gasteiger partial charge in [-0.1, -0.05) is 27.7 Å². The molecule has 0 radical (unpaired) electrons. The Labute approximate surface area is 79.5 Å². The molecule has 1 rings (SSSR count). The third-order valence-corrected chi connectivity index (χ3v) is 1.45. The van der Waals surface area contributed by atoms with Crippen molar-refractivity contribution in [3.05, 3.63) is 0 Å². The minimum atomic E-state index is -2.89. The van der Waals surface area contributed by atoms with Crippen molar-refractivity contribution in [1.82, 2.24) is 4.90 Å². The second-order valence-corrected chi connectivity index (χ2v) is 2.47. The van der Waals surface area contributed by atoms with E-state index in [2.05, 4.69) is 0 Å². The highest BCUT2D eigenvalue weighted by Crippen LogP contribution is 2.25. The molecule has 1 heterocycles. The SMILES string of the molecule is CC.CC.CN1CC(O)C(F)(F)C1. The molecular weight excluding hydrogens is 176 g/mol. The maximum absolute atomic E-state index is 12.3. The minimum absolute atomic E-state index is 0.0764. The molecule has 0 bridgehead atoms. The van der Waals surface area contributed by atoms with Crippen LogP contribution in [0.2, 0.25) is 0 Å². The number of likely N-dealkylation sites (N-methyl/N-ethyl adjacent to an activating group) is 1. The molecule has 2 nitrogen and oxygen atoms in total. The summed E-state index contributed by atoms with van der Waals surface area (Å²) in [5.74, 6) is -2.89. The van der Waals surface area contributed by atoms with Crippen LogP contribution in [-0.2, 0) is 0 Å². The molecule has 1 aliphatic heterocycles. The first-order valence-electron chi connectivity index (χ1n) is 4.77. The van der Waals surface area contributed by atoms with Crippen LogP contribution in [0.1, 0.15) is 27.7 Å². The summed E-state index contributed by atoms with van der Waals surface area (Å²) in [7, 11) is 1.56. The van der Waals surface area contributed by atoms with Crippen LogP contribution < -0.4 is 0 Å². The first-order valence-corrected chi connectivity index (χ1v) is 4.77. The molecule has 0 saturated carbocycles. The minimum Gasteiger partial charge on any atom is -0.385 e. The maximum Gasteiger partial charge on any atom is 0.287 e. The van der Waals surface area contributed by atoms with Crippen LogP contribution in [0.4, 0.5) is 8.78 Å². The van der Waals surface area contributed by atoms with E-state index in [-0.39, 0.29) is 13.1 Å². The van der Waals surface area contributed by atoms with Gasteiger partial charge in [-0.05, 0) is 7.05 Å². The topological polar surface area (TPSA) is 23.5 Å². The predicted octanol–water partition coefficient (Wildman–Crippen LogP) is 1.98. The lowest BCUT2D eigenvalue weighted by atomic mass is 10.2. The fraction of sp³-hybridized carbons (Fsp3) is 1.00. The molecule has 82 valence electrons. The van der Waals surface area contributed by atoms with E-state index in [4.69, 9.17) is 5.11 Å². The summed E-state index contributed by atoms with van der Waals surface area (Å²) in [5.41, 5.74) is 0. The fourth-order valence-corrected chi connectivity index (χ4v) is 0.959. The van der Waals surface area contributed by atoms with Crippen LogP contribution in [0.5, 0.6) is 0 Å². The van der Waals surface area contributed by atoms with Gasteiger partial charge in [-0.25, -0.2) is 8.78 Å². The van der Waals surface area contributed by atoms with Crippen LogP contribution in [0.25, 0.3) is 0 Å². The van der Waals surface area contributed by atoms with Gasteiger partial charge >= 0.3 is 0 Å². The number of hydrogen-bond acceptors (Lipinski definition) is 2. The molecule has 1 atom stereocenters. The van der Waals surface area contributed by atoms with E-state index in [1.165, 1.54) is 4.90 Å². The smallest absolute Gasteiger partial charge is 0.287 e. The summed E-state index contributed by atoms with van der Waals surface area (Å²) >= 11 is 0. The third kappa shape index (κ3) is 5.16. The van der Waals surface area contributed by atoms with Crippen molar-refractivity contribution in [2.24, 2.45) is 0 Å². The average molecular weight is 197 g/mol. The van der Waals surface area contributed by atoms with Gasteiger partial charge in [0.1, 0.15) is 6.10 Å². The van der Waals surface area contributed by atoms with Gasteiger partial charge in [-0.2, -0.15) is 0 Å². The molecular formula is C9H21F2NO. The van der Waals surface area contributed by atoms with Crippen molar-refractivity contribution in [3.8, 4) is 0 Å². The first kappa shape index (κ1) is 15.3. The lowest BCUT2D eigenvalue weighted by Crippen LogP contribution is -2.31. The third-order valence-electron chi connectivity index (χ3n) is 1.45. The van der Waals surface area contributed by atoms with E-state index >= 15 is 0 Å². The average Bonchev–Trinajstić information content (AvgIpc) is 2.32. The zero-order valence-corrected chi connectivity index (χ0v) is 9.14. The van der Waals surface area contributed by atoms with Gasteiger partial charge < -0.3 is 5.11 Å². The normalized spacial score (nSPS) is 25.4. The molecule has 1 saturated heterocycles. The zero-order chi connectivity index (χ0) is 11.1. The second-order valence-electron chi connectivity index (χ2n) is 2.47. The lowest BCUT2D eigenvalue weighted by molar-refractivity contribution is -0.0727. The lowest BCUT2D eigenvalue weighted by Gasteiger charge is -2.10. The van der Waals surface area contributed by atoms with Gasteiger partial charge in [-0.15, -0.1) is 0 Å². The van der Waals surface area contributed by atoms with Crippen molar-refractivity contribution in [2.45, 2.75) is 39.7 Å². The Bertz CT molecular complexity index is 120.